The summed E-state index contributed by atoms with van der Waals surface area (Å²) < 4.78 is 9.95. The van der Waals surface area contributed by atoms with Crippen LogP contribution in [0, 0.1) is 0 Å². The minimum atomic E-state index is -1.30. The number of hydrogen-bond donors (Lipinski definition) is 0. The van der Waals surface area contributed by atoms with Crippen molar-refractivity contribution in [1.29, 1.82) is 0 Å². The summed E-state index contributed by atoms with van der Waals surface area (Å²) in [6.07, 6.45) is 1.83. The molecule has 0 spiro atoms. The summed E-state index contributed by atoms with van der Waals surface area (Å²) >= 11 is 0. The molecule has 1 unspecified atom stereocenters. The molecular formula is C21H22O5. The average molecular weight is 354 g/mol. The number of rotatable bonds is 7. The van der Waals surface area contributed by atoms with E-state index in [2.05, 4.69) is 11.7 Å². The van der Waals surface area contributed by atoms with Gasteiger partial charge in [-0.3, -0.25) is 4.79 Å². The Bertz CT molecular complexity index is 750. The predicted octanol–water partition coefficient (Wildman–Crippen LogP) is 4.02. The Hall–Kier alpha value is -2.95. The number of esters is 3. The van der Waals surface area contributed by atoms with Crippen LogP contribution >= 0.6 is 0 Å². The molecule has 2 aromatic rings. The summed E-state index contributed by atoms with van der Waals surface area (Å²) in [6, 6.07) is 15.5. The van der Waals surface area contributed by atoms with Gasteiger partial charge in [-0.25, -0.2) is 9.59 Å². The molecule has 0 fully saturated rings. The van der Waals surface area contributed by atoms with Gasteiger partial charge in [0, 0.05) is 12.5 Å². The Morgan fingerprint density at radius 3 is 2.19 bits per heavy atom. The zero-order chi connectivity index (χ0) is 18.9. The first-order valence-electron chi connectivity index (χ1n) is 8.58. The Morgan fingerprint density at radius 1 is 0.962 bits per heavy atom. The minimum Gasteiger partial charge on any atom is -0.442 e. The van der Waals surface area contributed by atoms with E-state index in [-0.39, 0.29) is 0 Å². The summed E-state index contributed by atoms with van der Waals surface area (Å²) in [4.78, 5) is 35.7. The van der Waals surface area contributed by atoms with Crippen LogP contribution < -0.4 is 0 Å². The Balaban J connectivity index is 2.15. The first kappa shape index (κ1) is 19.4. The predicted molar refractivity (Wildman–Crippen MR) is 96.4 cm³/mol. The maximum Gasteiger partial charge on any atom is 0.359 e. The molecule has 0 aromatic heterocycles. The molecule has 0 bridgehead atoms. The van der Waals surface area contributed by atoms with Crippen molar-refractivity contribution in [1.82, 2.24) is 0 Å². The molecule has 26 heavy (non-hydrogen) atoms. The largest absolute Gasteiger partial charge is 0.442 e. The maximum absolute atomic E-state index is 12.4. The van der Waals surface area contributed by atoms with Crippen LogP contribution in [-0.2, 0) is 25.5 Å². The molecule has 5 heteroatoms. The van der Waals surface area contributed by atoms with Crippen LogP contribution in [0.25, 0.3) is 0 Å². The van der Waals surface area contributed by atoms with Gasteiger partial charge in [-0.2, -0.15) is 0 Å². The number of unbranched alkanes of at least 4 members (excludes halogenated alkanes) is 1. The van der Waals surface area contributed by atoms with E-state index in [1.54, 1.807) is 42.5 Å². The lowest BCUT2D eigenvalue weighted by Crippen LogP contribution is -2.23. The van der Waals surface area contributed by atoms with Crippen molar-refractivity contribution >= 4 is 17.9 Å². The van der Waals surface area contributed by atoms with Crippen molar-refractivity contribution in [3.63, 3.8) is 0 Å². The fourth-order valence-electron chi connectivity index (χ4n) is 2.44. The Morgan fingerprint density at radius 2 is 1.62 bits per heavy atom. The number of ether oxygens (including phenoxy) is 2. The van der Waals surface area contributed by atoms with Crippen LogP contribution in [0.4, 0.5) is 0 Å². The van der Waals surface area contributed by atoms with Gasteiger partial charge in [-0.05, 0) is 30.5 Å². The zero-order valence-corrected chi connectivity index (χ0v) is 14.9. The van der Waals surface area contributed by atoms with E-state index in [4.69, 9.17) is 4.74 Å². The maximum atomic E-state index is 12.4. The monoisotopic (exact) mass is 354 g/mol. The van der Waals surface area contributed by atoms with Gasteiger partial charge in [-0.15, -0.1) is 0 Å². The molecule has 2 aromatic carbocycles. The van der Waals surface area contributed by atoms with Crippen LogP contribution in [0.1, 0.15) is 54.3 Å². The normalized spacial score (nSPS) is 11.5. The average Bonchev–Trinajstić information content (AvgIpc) is 2.64. The fraction of sp³-hybridized carbons (Fsp3) is 0.286. The highest BCUT2D eigenvalue weighted by Crippen LogP contribution is 2.21. The summed E-state index contributed by atoms with van der Waals surface area (Å²) in [5, 5.41) is 0. The van der Waals surface area contributed by atoms with Gasteiger partial charge in [-0.1, -0.05) is 55.8 Å². The third-order valence-corrected chi connectivity index (χ3v) is 3.79. The molecule has 0 heterocycles. The van der Waals surface area contributed by atoms with E-state index >= 15 is 0 Å². The molecule has 2 rings (SSSR count). The van der Waals surface area contributed by atoms with E-state index < -0.39 is 24.0 Å². The van der Waals surface area contributed by atoms with Gasteiger partial charge >= 0.3 is 17.9 Å². The van der Waals surface area contributed by atoms with Crippen LogP contribution in [0.5, 0.6) is 0 Å². The molecule has 0 saturated carbocycles. The van der Waals surface area contributed by atoms with Crippen LogP contribution in [-0.4, -0.2) is 17.9 Å². The molecule has 1 atom stereocenters. The topological polar surface area (TPSA) is 69.7 Å². The smallest absolute Gasteiger partial charge is 0.359 e. The van der Waals surface area contributed by atoms with E-state index in [0.29, 0.717) is 11.1 Å². The van der Waals surface area contributed by atoms with E-state index in [9.17, 15) is 14.4 Å². The molecule has 0 N–H and O–H groups in total. The molecule has 0 amide bonds. The van der Waals surface area contributed by atoms with Gasteiger partial charge in [0.25, 0.3) is 0 Å². The Kier molecular flexibility index (Phi) is 7.09. The van der Waals surface area contributed by atoms with Gasteiger partial charge in [0.05, 0.1) is 5.56 Å². The fourth-order valence-corrected chi connectivity index (χ4v) is 2.44. The zero-order valence-electron chi connectivity index (χ0n) is 14.9. The van der Waals surface area contributed by atoms with Crippen molar-refractivity contribution < 1.29 is 23.9 Å². The highest BCUT2D eigenvalue weighted by molar-refractivity contribution is 5.93. The van der Waals surface area contributed by atoms with E-state index in [1.807, 2.05) is 12.1 Å². The van der Waals surface area contributed by atoms with Crippen LogP contribution in [0.3, 0.4) is 0 Å². The number of hydrogen-bond acceptors (Lipinski definition) is 5. The second-order valence-corrected chi connectivity index (χ2v) is 5.91. The standard InChI is InChI=1S/C21H22O5/c1-3-4-8-16-11-13-18(14-12-16)20(23)26-19(21(24)25-15(2)22)17-9-6-5-7-10-17/h5-7,9-14,19H,3-4,8H2,1-2H3. The van der Waals surface area contributed by atoms with Crippen LogP contribution in [0.2, 0.25) is 0 Å². The van der Waals surface area contributed by atoms with Gasteiger partial charge in [0.2, 0.25) is 6.10 Å². The second kappa shape index (κ2) is 9.51. The van der Waals surface area contributed by atoms with Crippen molar-refractivity contribution in [3.05, 3.63) is 71.3 Å². The van der Waals surface area contributed by atoms with Crippen molar-refractivity contribution in [2.75, 3.05) is 0 Å². The van der Waals surface area contributed by atoms with Gasteiger partial charge < -0.3 is 9.47 Å². The summed E-state index contributed by atoms with van der Waals surface area (Å²) in [5.41, 5.74) is 1.91. The van der Waals surface area contributed by atoms with Crippen molar-refractivity contribution in [2.45, 2.75) is 39.2 Å². The second-order valence-electron chi connectivity index (χ2n) is 5.91. The SMILES string of the molecule is CCCCc1ccc(C(=O)OC(C(=O)OC(C)=O)c2ccccc2)cc1. The molecule has 0 aliphatic carbocycles. The molecule has 0 aliphatic rings. The van der Waals surface area contributed by atoms with E-state index in [1.165, 1.54) is 0 Å². The van der Waals surface area contributed by atoms with Crippen molar-refractivity contribution in [3.8, 4) is 0 Å². The molecule has 5 nitrogen and oxygen atoms in total. The first-order valence-corrected chi connectivity index (χ1v) is 8.58. The quantitative estimate of drug-likeness (QED) is 0.555. The molecular weight excluding hydrogens is 332 g/mol. The summed E-state index contributed by atoms with van der Waals surface area (Å²) in [7, 11) is 0. The number of carbonyl (C=O) groups excluding carboxylic acids is 3. The van der Waals surface area contributed by atoms with E-state index in [0.717, 1.165) is 31.7 Å². The number of benzene rings is 2. The molecule has 0 aliphatic heterocycles. The minimum absolute atomic E-state index is 0.335. The lowest BCUT2D eigenvalue weighted by Gasteiger charge is -2.16. The van der Waals surface area contributed by atoms with Crippen LogP contribution in [0.15, 0.2) is 54.6 Å². The highest BCUT2D eigenvalue weighted by Gasteiger charge is 2.28. The Labute approximate surface area is 152 Å². The molecule has 136 valence electrons. The molecule has 0 saturated heterocycles. The lowest BCUT2D eigenvalue weighted by molar-refractivity contribution is -0.165. The number of carbonyl (C=O) groups is 3. The third-order valence-electron chi connectivity index (χ3n) is 3.79. The molecule has 0 radical (unpaired) electrons. The lowest BCUT2D eigenvalue weighted by atomic mass is 10.1. The highest BCUT2D eigenvalue weighted by atomic mass is 16.6. The summed E-state index contributed by atoms with van der Waals surface area (Å²) in [5.74, 6) is -2.33. The summed E-state index contributed by atoms with van der Waals surface area (Å²) in [6.45, 7) is 3.24. The number of aryl methyl sites for hydroxylation is 1. The first-order chi connectivity index (χ1) is 12.5. The van der Waals surface area contributed by atoms with Crippen molar-refractivity contribution in [2.24, 2.45) is 0 Å². The third kappa shape index (κ3) is 5.55. The van der Waals surface area contributed by atoms with Gasteiger partial charge in [0.15, 0.2) is 0 Å². The van der Waals surface area contributed by atoms with Gasteiger partial charge in [0.1, 0.15) is 0 Å².